The number of nitrogens with zero attached hydrogens (tertiary/aromatic N) is 3. The number of fused-ring (bicyclic) bond motifs is 1. The van der Waals surface area contributed by atoms with Crippen LogP contribution in [0.3, 0.4) is 0 Å². The zero-order valence-electron chi connectivity index (χ0n) is 20.5. The number of carbonyl (C=O) groups is 2. The number of aromatic nitrogens is 2. The van der Waals surface area contributed by atoms with Gasteiger partial charge >= 0.3 is 11.9 Å². The van der Waals surface area contributed by atoms with E-state index in [9.17, 15) is 20.0 Å². The van der Waals surface area contributed by atoms with Crippen LogP contribution in [0.25, 0.3) is 33.6 Å². The molecule has 0 aliphatic rings. The number of carbonyl (C=O) groups excluding carboxylic acids is 1. The Morgan fingerprint density at radius 3 is 2.61 bits per heavy atom. The summed E-state index contributed by atoms with van der Waals surface area (Å²) in [7, 11) is 0. The van der Waals surface area contributed by atoms with Crippen molar-refractivity contribution in [2.45, 2.75) is 39.0 Å². The molecule has 0 radical (unpaired) electrons. The summed E-state index contributed by atoms with van der Waals surface area (Å²) in [6.45, 7) is 3.86. The number of hydroxylamine groups is 1. The summed E-state index contributed by atoms with van der Waals surface area (Å²) in [6.07, 6.45) is -2.60. The maximum absolute atomic E-state index is 11.7. The molecular formula is C27H24N4O7. The Morgan fingerprint density at radius 2 is 1.89 bits per heavy atom. The first-order valence-electron chi connectivity index (χ1n) is 11.7. The van der Waals surface area contributed by atoms with Gasteiger partial charge in [-0.3, -0.25) is 4.79 Å². The number of rotatable bonds is 10. The number of aliphatic carboxylic acids is 1. The molecule has 38 heavy (non-hydrogen) atoms. The normalized spacial score (nSPS) is 11.8. The van der Waals surface area contributed by atoms with E-state index in [1.54, 1.807) is 30.3 Å². The van der Waals surface area contributed by atoms with Crippen molar-refractivity contribution in [1.29, 1.82) is 5.26 Å². The molecular weight excluding hydrogens is 492 g/mol. The van der Waals surface area contributed by atoms with E-state index in [0.29, 0.717) is 28.3 Å². The zero-order chi connectivity index (χ0) is 27.2. The molecule has 0 amide bonds. The molecule has 1 unspecified atom stereocenters. The van der Waals surface area contributed by atoms with Crippen LogP contribution in [0.4, 0.5) is 0 Å². The van der Waals surface area contributed by atoms with Gasteiger partial charge in [0.05, 0.1) is 24.6 Å². The van der Waals surface area contributed by atoms with Crippen molar-refractivity contribution in [3.63, 3.8) is 0 Å². The molecule has 3 N–H and O–H groups in total. The number of hydrogen-bond donors (Lipinski definition) is 3. The second-order valence-corrected chi connectivity index (χ2v) is 8.59. The molecule has 0 saturated carbocycles. The number of benzene rings is 3. The molecule has 11 heteroatoms. The van der Waals surface area contributed by atoms with E-state index in [1.807, 2.05) is 38.1 Å². The number of nitrogens with one attached hydrogen (secondary N) is 1. The summed E-state index contributed by atoms with van der Waals surface area (Å²) in [5.41, 5.74) is 4.88. The average Bonchev–Trinajstić information content (AvgIpc) is 3.38. The van der Waals surface area contributed by atoms with E-state index >= 15 is 0 Å². The Morgan fingerprint density at radius 1 is 1.13 bits per heavy atom. The van der Waals surface area contributed by atoms with Crippen LogP contribution in [0.15, 0.2) is 59.1 Å². The quantitative estimate of drug-likeness (QED) is 0.263. The summed E-state index contributed by atoms with van der Waals surface area (Å²) < 4.78 is 11.2. The first-order chi connectivity index (χ1) is 18.3. The van der Waals surface area contributed by atoms with E-state index in [1.165, 1.54) is 0 Å². The van der Waals surface area contributed by atoms with Gasteiger partial charge in [-0.05, 0) is 48.4 Å². The largest absolute Gasteiger partial charge is 0.490 e. The van der Waals surface area contributed by atoms with Crippen molar-refractivity contribution in [2.24, 2.45) is 0 Å². The molecule has 1 atom stereocenters. The molecule has 1 heterocycles. The molecule has 11 nitrogen and oxygen atoms in total. The molecule has 0 spiro atoms. The van der Waals surface area contributed by atoms with Crippen LogP contribution < -0.4 is 10.2 Å². The topological polar surface area (TPSA) is 168 Å². The van der Waals surface area contributed by atoms with Crippen molar-refractivity contribution in [3.05, 3.63) is 65.7 Å². The lowest BCUT2D eigenvalue weighted by atomic mass is 9.99. The Labute approximate surface area is 217 Å². The minimum absolute atomic E-state index is 0.0787. The number of nitriles is 1. The molecule has 0 saturated heterocycles. The standard InChI is InChI=1S/C27H24N4O7/c1-15(2)36-23-10-8-16(11-18(23)13-28)26-30-25(31-37-26)21-9-7-17(19-5-3-4-6-20(19)21)14-29-38-27(35)22(32)12-24(33)34/h3-11,15,22,29,32H,12,14H2,1-2H3,(H,33,34). The third-order valence-corrected chi connectivity index (χ3v) is 5.47. The molecule has 4 aromatic rings. The highest BCUT2D eigenvalue weighted by Crippen LogP contribution is 2.32. The smallest absolute Gasteiger partial charge is 0.354 e. The monoisotopic (exact) mass is 516 g/mol. The third-order valence-electron chi connectivity index (χ3n) is 5.47. The van der Waals surface area contributed by atoms with Gasteiger partial charge in [0.15, 0.2) is 6.10 Å². The fraction of sp³-hybridized carbons (Fsp3) is 0.222. The van der Waals surface area contributed by atoms with Crippen molar-refractivity contribution in [3.8, 4) is 34.7 Å². The van der Waals surface area contributed by atoms with Gasteiger partial charge in [-0.2, -0.15) is 10.2 Å². The van der Waals surface area contributed by atoms with Gasteiger partial charge in [-0.15, -0.1) is 5.48 Å². The highest BCUT2D eigenvalue weighted by atomic mass is 16.7. The van der Waals surface area contributed by atoms with Crippen LogP contribution in [-0.2, 0) is 21.0 Å². The lowest BCUT2D eigenvalue weighted by Gasteiger charge is -2.12. The average molecular weight is 517 g/mol. The van der Waals surface area contributed by atoms with Crippen LogP contribution >= 0.6 is 0 Å². The van der Waals surface area contributed by atoms with Gasteiger partial charge in [-0.1, -0.05) is 41.6 Å². The van der Waals surface area contributed by atoms with Crippen LogP contribution in [0, 0.1) is 11.3 Å². The van der Waals surface area contributed by atoms with Crippen molar-refractivity contribution >= 4 is 22.7 Å². The Bertz CT molecular complexity index is 1520. The predicted molar refractivity (Wildman–Crippen MR) is 134 cm³/mol. The maximum Gasteiger partial charge on any atom is 0.354 e. The Kier molecular flexibility index (Phi) is 7.96. The molecule has 0 aliphatic carbocycles. The highest BCUT2D eigenvalue weighted by molar-refractivity contribution is 5.97. The predicted octanol–water partition coefficient (Wildman–Crippen LogP) is 3.60. The van der Waals surface area contributed by atoms with Gasteiger partial charge in [0.1, 0.15) is 11.8 Å². The summed E-state index contributed by atoms with van der Waals surface area (Å²) in [4.78, 5) is 31.7. The maximum atomic E-state index is 11.7. The lowest BCUT2D eigenvalue weighted by Crippen LogP contribution is -2.30. The van der Waals surface area contributed by atoms with Gasteiger partial charge in [0.25, 0.3) is 5.89 Å². The molecule has 194 valence electrons. The number of aliphatic hydroxyl groups excluding tert-OH is 1. The van der Waals surface area contributed by atoms with E-state index in [2.05, 4.69) is 21.7 Å². The third kappa shape index (κ3) is 5.95. The fourth-order valence-corrected chi connectivity index (χ4v) is 3.77. The van der Waals surface area contributed by atoms with Crippen molar-refractivity contribution < 1.29 is 33.9 Å². The second-order valence-electron chi connectivity index (χ2n) is 8.59. The second kappa shape index (κ2) is 11.5. The summed E-state index contributed by atoms with van der Waals surface area (Å²) in [5, 5.41) is 33.5. The van der Waals surface area contributed by atoms with Gasteiger partial charge in [0.2, 0.25) is 5.82 Å². The molecule has 4 rings (SSSR count). The molecule has 3 aromatic carbocycles. The van der Waals surface area contributed by atoms with Crippen LogP contribution in [0.2, 0.25) is 0 Å². The Balaban J connectivity index is 1.56. The molecule has 0 fully saturated rings. The summed E-state index contributed by atoms with van der Waals surface area (Å²) in [6, 6.07) is 18.3. The van der Waals surface area contributed by atoms with E-state index in [4.69, 9.17) is 19.2 Å². The highest BCUT2D eigenvalue weighted by Gasteiger charge is 2.21. The zero-order valence-corrected chi connectivity index (χ0v) is 20.5. The van der Waals surface area contributed by atoms with Gasteiger partial charge in [-0.25, -0.2) is 4.79 Å². The molecule has 0 aliphatic heterocycles. The minimum Gasteiger partial charge on any atom is -0.490 e. The van der Waals surface area contributed by atoms with Crippen LogP contribution in [0.1, 0.15) is 31.4 Å². The Hall–Kier alpha value is -4.79. The summed E-state index contributed by atoms with van der Waals surface area (Å²) >= 11 is 0. The first kappa shape index (κ1) is 26.3. The summed E-state index contributed by atoms with van der Waals surface area (Å²) in [5.74, 6) is -1.34. The van der Waals surface area contributed by atoms with E-state index in [0.717, 1.165) is 16.3 Å². The lowest BCUT2D eigenvalue weighted by molar-refractivity contribution is -0.165. The number of hydrogen-bond acceptors (Lipinski definition) is 10. The van der Waals surface area contributed by atoms with Crippen molar-refractivity contribution in [1.82, 2.24) is 15.6 Å². The number of ether oxygens (including phenoxy) is 1. The first-order valence-corrected chi connectivity index (χ1v) is 11.7. The number of aliphatic hydroxyl groups is 1. The number of carboxylic acid groups (broad SMARTS) is 1. The van der Waals surface area contributed by atoms with E-state index in [-0.39, 0.29) is 18.5 Å². The minimum atomic E-state index is -1.77. The van der Waals surface area contributed by atoms with Crippen molar-refractivity contribution in [2.75, 3.05) is 0 Å². The van der Waals surface area contributed by atoms with Crippen LogP contribution in [-0.4, -0.2) is 44.5 Å². The SMILES string of the molecule is CC(C)Oc1ccc(-c2nc(-c3ccc(CNOC(=O)C(O)CC(=O)O)c4ccccc34)no2)cc1C#N. The van der Waals surface area contributed by atoms with Gasteiger partial charge in [0, 0.05) is 11.1 Å². The van der Waals surface area contributed by atoms with E-state index < -0.39 is 24.5 Å². The van der Waals surface area contributed by atoms with Gasteiger partial charge < -0.3 is 24.3 Å². The molecule has 0 bridgehead atoms. The fourth-order valence-electron chi connectivity index (χ4n) is 3.77. The van der Waals surface area contributed by atoms with Crippen LogP contribution in [0.5, 0.6) is 5.75 Å². The number of carboxylic acids is 1. The molecule has 1 aromatic heterocycles.